The van der Waals surface area contributed by atoms with Crippen molar-refractivity contribution in [3.05, 3.63) is 51.8 Å². The lowest BCUT2D eigenvalue weighted by Crippen LogP contribution is -2.08. The molecular formula is C12H9N3O. The maximum Gasteiger partial charge on any atom is 0.264 e. The van der Waals surface area contributed by atoms with Crippen LogP contribution in [0, 0.1) is 18.3 Å². The fraction of sp³-hybridized carbons (Fsp3) is 0.0833. The molecule has 0 saturated carbocycles. The van der Waals surface area contributed by atoms with Gasteiger partial charge in [-0.1, -0.05) is 12.1 Å². The Hall–Kier alpha value is -2.41. The molecule has 78 valence electrons. The molecule has 1 N–H and O–H groups in total. The van der Waals surface area contributed by atoms with Gasteiger partial charge in [-0.2, -0.15) is 10.4 Å². The zero-order valence-electron chi connectivity index (χ0n) is 8.69. The Kier molecular flexibility index (Phi) is 2.52. The summed E-state index contributed by atoms with van der Waals surface area (Å²) in [5.74, 6) is 0. The molecule has 1 aromatic heterocycles. The number of nitrogens with one attached hydrogen (secondary N) is 1. The summed E-state index contributed by atoms with van der Waals surface area (Å²) in [7, 11) is 0. The second-order valence-corrected chi connectivity index (χ2v) is 3.45. The molecule has 0 saturated heterocycles. The SMILES string of the molecule is Cc1cc(=O)[nH]nc1-c1ccc(C#N)cc1. The lowest BCUT2D eigenvalue weighted by Gasteiger charge is -2.03. The van der Waals surface area contributed by atoms with Crippen LogP contribution >= 0.6 is 0 Å². The average molecular weight is 211 g/mol. The van der Waals surface area contributed by atoms with Gasteiger partial charge in [-0.3, -0.25) is 4.79 Å². The third-order valence-electron chi connectivity index (χ3n) is 2.29. The summed E-state index contributed by atoms with van der Waals surface area (Å²) < 4.78 is 0. The normalized spacial score (nSPS) is 9.75. The van der Waals surface area contributed by atoms with E-state index >= 15 is 0 Å². The van der Waals surface area contributed by atoms with Crippen molar-refractivity contribution in [2.24, 2.45) is 0 Å². The lowest BCUT2D eigenvalue weighted by atomic mass is 10.1. The monoisotopic (exact) mass is 211 g/mol. The zero-order valence-corrected chi connectivity index (χ0v) is 8.69. The van der Waals surface area contributed by atoms with E-state index < -0.39 is 0 Å². The number of hydrogen-bond donors (Lipinski definition) is 1. The van der Waals surface area contributed by atoms with Crippen LogP contribution in [0.1, 0.15) is 11.1 Å². The number of nitriles is 1. The van der Waals surface area contributed by atoms with Crippen LogP contribution in [0.3, 0.4) is 0 Å². The lowest BCUT2D eigenvalue weighted by molar-refractivity contribution is 0.981. The molecule has 2 rings (SSSR count). The number of rotatable bonds is 1. The topological polar surface area (TPSA) is 69.5 Å². The molecule has 1 heterocycles. The fourth-order valence-electron chi connectivity index (χ4n) is 1.49. The quantitative estimate of drug-likeness (QED) is 0.779. The minimum atomic E-state index is -0.213. The van der Waals surface area contributed by atoms with Gasteiger partial charge in [0, 0.05) is 11.6 Å². The molecule has 0 fully saturated rings. The van der Waals surface area contributed by atoms with Crippen molar-refractivity contribution in [1.82, 2.24) is 10.2 Å². The molecule has 0 aliphatic rings. The van der Waals surface area contributed by atoms with Crippen molar-refractivity contribution in [2.75, 3.05) is 0 Å². The molecule has 0 atom stereocenters. The Morgan fingerprint density at radius 2 is 2.00 bits per heavy atom. The first-order valence-corrected chi connectivity index (χ1v) is 4.77. The summed E-state index contributed by atoms with van der Waals surface area (Å²) in [6.45, 7) is 1.83. The number of hydrogen-bond acceptors (Lipinski definition) is 3. The van der Waals surface area contributed by atoms with E-state index in [1.54, 1.807) is 12.1 Å². The van der Waals surface area contributed by atoms with Crippen molar-refractivity contribution in [3.8, 4) is 17.3 Å². The maximum absolute atomic E-state index is 11.0. The van der Waals surface area contributed by atoms with Gasteiger partial charge in [0.15, 0.2) is 0 Å². The van der Waals surface area contributed by atoms with Gasteiger partial charge in [0.1, 0.15) is 0 Å². The second-order valence-electron chi connectivity index (χ2n) is 3.45. The Morgan fingerprint density at radius 3 is 2.56 bits per heavy atom. The third kappa shape index (κ3) is 1.84. The molecule has 2 aromatic rings. The van der Waals surface area contributed by atoms with Gasteiger partial charge in [-0.05, 0) is 24.6 Å². The number of aromatic amines is 1. The van der Waals surface area contributed by atoms with Crippen LogP contribution in [-0.2, 0) is 0 Å². The number of H-pyrrole nitrogens is 1. The van der Waals surface area contributed by atoms with Crippen LogP contribution in [-0.4, -0.2) is 10.2 Å². The van der Waals surface area contributed by atoms with Crippen LogP contribution in [0.5, 0.6) is 0 Å². The molecule has 0 amide bonds. The van der Waals surface area contributed by atoms with E-state index in [1.807, 2.05) is 19.1 Å². The van der Waals surface area contributed by atoms with Crippen molar-refractivity contribution >= 4 is 0 Å². The van der Waals surface area contributed by atoms with E-state index in [2.05, 4.69) is 16.3 Å². The molecular weight excluding hydrogens is 202 g/mol. The van der Waals surface area contributed by atoms with Gasteiger partial charge >= 0.3 is 0 Å². The van der Waals surface area contributed by atoms with Crippen LogP contribution in [0.4, 0.5) is 0 Å². The standard InChI is InChI=1S/C12H9N3O/c1-8-6-11(16)14-15-12(8)10-4-2-9(7-13)3-5-10/h2-6H,1H3,(H,14,16). The van der Waals surface area contributed by atoms with Crippen molar-refractivity contribution < 1.29 is 0 Å². The van der Waals surface area contributed by atoms with Crippen LogP contribution in [0.25, 0.3) is 11.3 Å². The Labute approximate surface area is 92.2 Å². The van der Waals surface area contributed by atoms with Crippen LogP contribution < -0.4 is 5.56 Å². The summed E-state index contributed by atoms with van der Waals surface area (Å²) in [4.78, 5) is 11.0. The van der Waals surface area contributed by atoms with Gasteiger partial charge in [-0.25, -0.2) is 5.10 Å². The van der Waals surface area contributed by atoms with E-state index in [0.29, 0.717) is 5.56 Å². The summed E-state index contributed by atoms with van der Waals surface area (Å²) >= 11 is 0. The highest BCUT2D eigenvalue weighted by Gasteiger charge is 2.04. The number of nitrogens with zero attached hydrogens (tertiary/aromatic N) is 2. The highest BCUT2D eigenvalue weighted by molar-refractivity contribution is 5.62. The molecule has 4 heteroatoms. The first kappa shape index (κ1) is 10.1. The molecule has 4 nitrogen and oxygen atoms in total. The van der Waals surface area contributed by atoms with E-state index in [0.717, 1.165) is 16.8 Å². The highest BCUT2D eigenvalue weighted by Crippen LogP contribution is 2.19. The van der Waals surface area contributed by atoms with Crippen molar-refractivity contribution in [2.45, 2.75) is 6.92 Å². The molecule has 0 unspecified atom stereocenters. The predicted octanol–water partition coefficient (Wildman–Crippen LogP) is 1.62. The molecule has 0 spiro atoms. The van der Waals surface area contributed by atoms with Gasteiger partial charge in [0.2, 0.25) is 0 Å². The van der Waals surface area contributed by atoms with E-state index in [9.17, 15) is 4.79 Å². The minimum Gasteiger partial charge on any atom is -0.268 e. The van der Waals surface area contributed by atoms with Crippen molar-refractivity contribution in [1.29, 1.82) is 5.26 Å². The molecule has 0 bridgehead atoms. The largest absolute Gasteiger partial charge is 0.268 e. The minimum absolute atomic E-state index is 0.213. The molecule has 0 radical (unpaired) electrons. The first-order chi connectivity index (χ1) is 7.70. The van der Waals surface area contributed by atoms with Gasteiger partial charge in [0.25, 0.3) is 5.56 Å². The molecule has 0 aliphatic heterocycles. The average Bonchev–Trinajstić information content (AvgIpc) is 2.29. The Bertz CT molecular complexity index is 605. The van der Waals surface area contributed by atoms with E-state index in [4.69, 9.17) is 5.26 Å². The van der Waals surface area contributed by atoms with E-state index in [1.165, 1.54) is 6.07 Å². The summed E-state index contributed by atoms with van der Waals surface area (Å²) in [5.41, 5.74) is 2.81. The van der Waals surface area contributed by atoms with E-state index in [-0.39, 0.29) is 5.56 Å². The van der Waals surface area contributed by atoms with Gasteiger partial charge in [0.05, 0.1) is 17.3 Å². The maximum atomic E-state index is 11.0. The highest BCUT2D eigenvalue weighted by atomic mass is 16.1. The van der Waals surface area contributed by atoms with Crippen molar-refractivity contribution in [3.63, 3.8) is 0 Å². The predicted molar refractivity (Wildman–Crippen MR) is 59.7 cm³/mol. The Balaban J connectivity index is 2.51. The third-order valence-corrected chi connectivity index (χ3v) is 2.29. The van der Waals surface area contributed by atoms with Gasteiger partial charge < -0.3 is 0 Å². The van der Waals surface area contributed by atoms with Crippen LogP contribution in [0.2, 0.25) is 0 Å². The Morgan fingerprint density at radius 1 is 1.31 bits per heavy atom. The molecule has 0 aliphatic carbocycles. The number of aromatic nitrogens is 2. The molecule has 16 heavy (non-hydrogen) atoms. The number of benzene rings is 1. The first-order valence-electron chi connectivity index (χ1n) is 4.77. The fourth-order valence-corrected chi connectivity index (χ4v) is 1.49. The number of aryl methyl sites for hydroxylation is 1. The second kappa shape index (κ2) is 3.99. The zero-order chi connectivity index (χ0) is 11.5. The summed E-state index contributed by atoms with van der Waals surface area (Å²) in [6.07, 6.45) is 0. The molecule has 1 aromatic carbocycles. The van der Waals surface area contributed by atoms with Gasteiger partial charge in [-0.15, -0.1) is 0 Å². The smallest absolute Gasteiger partial charge is 0.264 e. The van der Waals surface area contributed by atoms with Crippen LogP contribution in [0.15, 0.2) is 35.1 Å². The summed E-state index contributed by atoms with van der Waals surface area (Å²) in [6, 6.07) is 10.6. The summed E-state index contributed by atoms with van der Waals surface area (Å²) in [5, 5.41) is 15.1.